The third-order valence-electron chi connectivity index (χ3n) is 5.49. The minimum Gasteiger partial charge on any atom is -0.492 e. The number of amides is 1. The minimum absolute atomic E-state index is 0.000764. The van der Waals surface area contributed by atoms with Gasteiger partial charge in [0.2, 0.25) is 0 Å². The van der Waals surface area contributed by atoms with Crippen molar-refractivity contribution in [3.05, 3.63) is 59.7 Å². The number of carbonyl (C=O) groups excluding carboxylic acids is 1. The largest absolute Gasteiger partial charge is 0.492 e. The number of carboxylic acids is 1. The second-order valence-corrected chi connectivity index (χ2v) is 8.57. The van der Waals surface area contributed by atoms with Crippen molar-refractivity contribution >= 4 is 12.1 Å². The Morgan fingerprint density at radius 2 is 1.59 bits per heavy atom. The number of nitrogens with zero attached hydrogens (tertiary/aromatic N) is 1. The van der Waals surface area contributed by atoms with E-state index in [1.165, 1.54) is 4.90 Å². The van der Waals surface area contributed by atoms with Crippen LogP contribution in [-0.2, 0) is 16.0 Å². The number of hydrogen-bond donors (Lipinski definition) is 1. The zero-order chi connectivity index (χ0) is 27.3. The van der Waals surface area contributed by atoms with E-state index in [-0.39, 0.29) is 32.5 Å². The molecule has 2 aromatic rings. The average molecular weight is 526 g/mol. The maximum Gasteiger partial charge on any atom is 0.415 e. The summed E-state index contributed by atoms with van der Waals surface area (Å²) in [7, 11) is 0. The van der Waals surface area contributed by atoms with Crippen LogP contribution in [0.25, 0.3) is 0 Å². The van der Waals surface area contributed by atoms with Crippen molar-refractivity contribution in [2.24, 2.45) is 0 Å². The predicted octanol–water partition coefficient (Wildman–Crippen LogP) is 6.03. The lowest BCUT2D eigenvalue weighted by molar-refractivity contribution is -0.150. The van der Waals surface area contributed by atoms with Gasteiger partial charge in [-0.2, -0.15) is 13.2 Å². The molecule has 0 bridgehead atoms. The maximum absolute atomic E-state index is 12.7. The van der Waals surface area contributed by atoms with E-state index in [0.29, 0.717) is 30.9 Å². The Labute approximate surface area is 215 Å². The van der Waals surface area contributed by atoms with Crippen LogP contribution in [0.3, 0.4) is 0 Å². The van der Waals surface area contributed by atoms with Crippen LogP contribution >= 0.6 is 0 Å². The zero-order valence-corrected chi connectivity index (χ0v) is 21.1. The number of unbranched alkanes of at least 4 members (excludes halogenated alkanes) is 2. The highest BCUT2D eigenvalue weighted by Gasteiger charge is 2.26. The Hall–Kier alpha value is -3.27. The average Bonchev–Trinajstić information content (AvgIpc) is 2.84. The smallest absolute Gasteiger partial charge is 0.415 e. The fraction of sp³-hybridized carbons (Fsp3) is 0.481. The zero-order valence-electron chi connectivity index (χ0n) is 21.1. The van der Waals surface area contributed by atoms with E-state index in [1.807, 2.05) is 19.1 Å². The number of aryl methyl sites for hydroxylation is 1. The maximum atomic E-state index is 12.7. The Morgan fingerprint density at radius 3 is 2.19 bits per heavy atom. The molecule has 0 aliphatic heterocycles. The van der Waals surface area contributed by atoms with Crippen molar-refractivity contribution in [1.29, 1.82) is 0 Å². The number of ether oxygens (including phenoxy) is 3. The van der Waals surface area contributed by atoms with Crippen molar-refractivity contribution < 1.29 is 42.1 Å². The van der Waals surface area contributed by atoms with Crippen LogP contribution in [0.1, 0.15) is 43.7 Å². The highest BCUT2D eigenvalue weighted by atomic mass is 19.4. The Balaban J connectivity index is 1.90. The topological polar surface area (TPSA) is 85.3 Å². The number of halogens is 3. The van der Waals surface area contributed by atoms with E-state index >= 15 is 0 Å². The summed E-state index contributed by atoms with van der Waals surface area (Å²) in [6, 6.07) is 13.9. The van der Waals surface area contributed by atoms with Gasteiger partial charge in [0.1, 0.15) is 18.1 Å². The molecule has 0 spiro atoms. The molecule has 1 atom stereocenters. The molecule has 0 aliphatic rings. The van der Waals surface area contributed by atoms with Crippen molar-refractivity contribution in [3.8, 4) is 11.5 Å². The molecule has 7 nitrogen and oxygen atoms in total. The number of alkyl halides is 3. The van der Waals surface area contributed by atoms with Gasteiger partial charge in [0.25, 0.3) is 0 Å². The van der Waals surface area contributed by atoms with Crippen molar-refractivity contribution in [3.63, 3.8) is 0 Å². The molecule has 1 unspecified atom stereocenters. The molecule has 1 N–H and O–H groups in total. The fourth-order valence-corrected chi connectivity index (χ4v) is 3.50. The SMILES string of the molecule is CCOC(Cc1ccc(OCCN(CCCCCC(F)(F)F)C(=O)Oc2ccc(C)cc2)cc1)C(=O)O. The molecule has 0 heterocycles. The first-order valence-electron chi connectivity index (χ1n) is 12.2. The summed E-state index contributed by atoms with van der Waals surface area (Å²) in [6.45, 7) is 4.49. The van der Waals surface area contributed by atoms with Gasteiger partial charge in [-0.15, -0.1) is 0 Å². The van der Waals surface area contributed by atoms with Crippen LogP contribution < -0.4 is 9.47 Å². The summed E-state index contributed by atoms with van der Waals surface area (Å²) in [5.41, 5.74) is 1.78. The van der Waals surface area contributed by atoms with Crippen LogP contribution in [-0.4, -0.2) is 60.7 Å². The molecular weight excluding hydrogens is 491 g/mol. The summed E-state index contributed by atoms with van der Waals surface area (Å²) < 4.78 is 53.6. The number of carbonyl (C=O) groups is 2. The first kappa shape index (κ1) is 30.0. The van der Waals surface area contributed by atoms with Gasteiger partial charge in [0.05, 0.1) is 6.54 Å². The van der Waals surface area contributed by atoms with Gasteiger partial charge in [-0.1, -0.05) is 36.2 Å². The lowest BCUT2D eigenvalue weighted by Crippen LogP contribution is -2.37. The van der Waals surface area contributed by atoms with Gasteiger partial charge < -0.3 is 24.2 Å². The van der Waals surface area contributed by atoms with Gasteiger partial charge in [-0.25, -0.2) is 9.59 Å². The molecule has 0 saturated carbocycles. The lowest BCUT2D eigenvalue weighted by Gasteiger charge is -2.22. The molecule has 2 aromatic carbocycles. The molecule has 0 radical (unpaired) electrons. The summed E-state index contributed by atoms with van der Waals surface area (Å²) in [6.07, 6.45) is -5.62. The second-order valence-electron chi connectivity index (χ2n) is 8.57. The number of benzene rings is 2. The molecule has 204 valence electrons. The molecule has 0 fully saturated rings. The molecular formula is C27H34F3NO6. The quantitative estimate of drug-likeness (QED) is 0.286. The molecule has 0 aliphatic carbocycles. The van der Waals surface area contributed by atoms with E-state index in [0.717, 1.165) is 11.1 Å². The summed E-state index contributed by atoms with van der Waals surface area (Å²) in [4.78, 5) is 25.4. The number of aliphatic carboxylic acids is 1. The van der Waals surface area contributed by atoms with E-state index in [2.05, 4.69) is 0 Å². The summed E-state index contributed by atoms with van der Waals surface area (Å²) >= 11 is 0. The Bertz CT molecular complexity index is 964. The normalized spacial score (nSPS) is 12.1. The Morgan fingerprint density at radius 1 is 0.946 bits per heavy atom. The van der Waals surface area contributed by atoms with Crippen LogP contribution in [0.2, 0.25) is 0 Å². The van der Waals surface area contributed by atoms with Crippen molar-refractivity contribution in [2.45, 2.75) is 58.2 Å². The van der Waals surface area contributed by atoms with Crippen molar-refractivity contribution in [1.82, 2.24) is 4.90 Å². The van der Waals surface area contributed by atoms with Crippen LogP contribution in [0.15, 0.2) is 48.5 Å². The molecule has 0 aromatic heterocycles. The molecule has 37 heavy (non-hydrogen) atoms. The van der Waals surface area contributed by atoms with E-state index in [4.69, 9.17) is 14.2 Å². The molecule has 0 saturated heterocycles. The first-order valence-corrected chi connectivity index (χ1v) is 12.2. The van der Waals surface area contributed by atoms with E-state index in [9.17, 15) is 27.9 Å². The molecule has 1 amide bonds. The van der Waals surface area contributed by atoms with Gasteiger partial charge >= 0.3 is 18.2 Å². The number of carboxylic acid groups (broad SMARTS) is 1. The summed E-state index contributed by atoms with van der Waals surface area (Å²) in [5.74, 6) is -0.122. The number of hydrogen-bond acceptors (Lipinski definition) is 5. The van der Waals surface area contributed by atoms with Crippen LogP contribution in [0, 0.1) is 6.92 Å². The molecule has 10 heteroatoms. The van der Waals surface area contributed by atoms with Crippen molar-refractivity contribution in [2.75, 3.05) is 26.3 Å². The molecule has 2 rings (SSSR count). The van der Waals surface area contributed by atoms with Gasteiger partial charge in [-0.3, -0.25) is 0 Å². The van der Waals surface area contributed by atoms with Gasteiger partial charge in [0.15, 0.2) is 6.10 Å². The second kappa shape index (κ2) is 15.1. The van der Waals surface area contributed by atoms with E-state index in [1.54, 1.807) is 43.3 Å². The van der Waals surface area contributed by atoms with Crippen LogP contribution in [0.5, 0.6) is 11.5 Å². The van der Waals surface area contributed by atoms with Gasteiger partial charge in [-0.05, 0) is 56.5 Å². The Kier molecular flexibility index (Phi) is 12.2. The summed E-state index contributed by atoms with van der Waals surface area (Å²) in [5, 5.41) is 9.22. The standard InChI is InChI=1S/C27H34F3NO6/c1-3-35-24(25(32)33)19-21-9-13-22(14-10-21)36-18-17-31(16-6-4-5-15-27(28,29)30)26(34)37-23-11-7-20(2)8-12-23/h7-14,24H,3-6,15-19H2,1-2H3,(H,32,33). The minimum atomic E-state index is -4.19. The number of rotatable bonds is 15. The highest BCUT2D eigenvalue weighted by molar-refractivity contribution is 5.72. The van der Waals surface area contributed by atoms with Gasteiger partial charge in [0, 0.05) is 26.0 Å². The third kappa shape index (κ3) is 12.0. The van der Waals surface area contributed by atoms with Crippen LogP contribution in [0.4, 0.5) is 18.0 Å². The fourth-order valence-electron chi connectivity index (χ4n) is 3.50. The highest BCUT2D eigenvalue weighted by Crippen LogP contribution is 2.23. The first-order chi connectivity index (χ1) is 17.6. The third-order valence-corrected chi connectivity index (χ3v) is 5.49. The monoisotopic (exact) mass is 525 g/mol. The van der Waals surface area contributed by atoms with E-state index < -0.39 is 30.8 Å². The predicted molar refractivity (Wildman–Crippen MR) is 132 cm³/mol. The lowest BCUT2D eigenvalue weighted by atomic mass is 10.1.